The van der Waals surface area contributed by atoms with Crippen LogP contribution in [0.3, 0.4) is 0 Å². The van der Waals surface area contributed by atoms with E-state index in [1.807, 2.05) is 0 Å². The van der Waals surface area contributed by atoms with E-state index in [2.05, 4.69) is 20.9 Å². The lowest BCUT2D eigenvalue weighted by Gasteiger charge is -2.25. The van der Waals surface area contributed by atoms with Crippen molar-refractivity contribution >= 4 is 17.0 Å². The maximum absolute atomic E-state index is 13.4. The molecule has 2 aromatic heterocycles. The number of ether oxygens (including phenoxy) is 2. The van der Waals surface area contributed by atoms with E-state index in [1.165, 1.54) is 18.0 Å². The first-order valence-electron chi connectivity index (χ1n) is 6.49. The van der Waals surface area contributed by atoms with Crippen molar-refractivity contribution in [3.05, 3.63) is 12.4 Å². The van der Waals surface area contributed by atoms with Crippen molar-refractivity contribution < 1.29 is 19.0 Å². The number of hydrogen-bond acceptors (Lipinski definition) is 7. The smallest absolute Gasteiger partial charge is 0.312 e. The van der Waals surface area contributed by atoms with Crippen LogP contribution in [0.1, 0.15) is 12.6 Å². The van der Waals surface area contributed by atoms with Gasteiger partial charge in [-0.3, -0.25) is 4.57 Å². The van der Waals surface area contributed by atoms with Crippen molar-refractivity contribution in [2.75, 3.05) is 19.5 Å². The van der Waals surface area contributed by atoms with Gasteiger partial charge in [0.1, 0.15) is 12.3 Å². The number of halogens is 1. The molecule has 0 saturated carbocycles. The fraction of sp³-hybridized carbons (Fsp3) is 0.462. The maximum Gasteiger partial charge on any atom is 0.312 e. The van der Waals surface area contributed by atoms with Crippen LogP contribution < -0.4 is 5.73 Å². The zero-order chi connectivity index (χ0) is 15.9. The van der Waals surface area contributed by atoms with Crippen LogP contribution in [0.4, 0.5) is 10.2 Å². The van der Waals surface area contributed by atoms with Gasteiger partial charge in [-0.25, -0.2) is 4.98 Å². The number of rotatable bonds is 3. The number of nitrogens with two attached hydrogens (primary N) is 1. The molecule has 0 bridgehead atoms. The Balaban J connectivity index is 2.02. The van der Waals surface area contributed by atoms with Crippen molar-refractivity contribution in [2.45, 2.75) is 24.4 Å². The summed E-state index contributed by atoms with van der Waals surface area (Å²) >= 11 is 0. The van der Waals surface area contributed by atoms with Gasteiger partial charge in [-0.2, -0.15) is 14.4 Å². The highest BCUT2D eigenvalue weighted by Crippen LogP contribution is 2.38. The topological polar surface area (TPSA) is 108 Å². The summed E-state index contributed by atoms with van der Waals surface area (Å²) in [6.45, 7) is 0.0271. The molecular formula is C13H14FN5O3. The van der Waals surface area contributed by atoms with E-state index in [9.17, 15) is 9.50 Å². The minimum Gasteiger partial charge on any atom is -0.389 e. The van der Waals surface area contributed by atoms with Crippen LogP contribution in [-0.4, -0.2) is 50.0 Å². The predicted molar refractivity (Wildman–Crippen MR) is 73.9 cm³/mol. The lowest BCUT2D eigenvalue weighted by molar-refractivity contribution is -0.0969. The minimum atomic E-state index is -1.27. The molecule has 3 atom stereocenters. The molecule has 0 spiro atoms. The van der Waals surface area contributed by atoms with Gasteiger partial charge in [0, 0.05) is 13.5 Å². The number of fused-ring (bicyclic) bond motifs is 1. The van der Waals surface area contributed by atoms with Crippen LogP contribution in [0, 0.1) is 18.4 Å². The molecule has 1 saturated heterocycles. The lowest BCUT2D eigenvalue weighted by atomic mass is 9.99. The number of anilines is 1. The fourth-order valence-corrected chi connectivity index (χ4v) is 2.56. The van der Waals surface area contributed by atoms with Gasteiger partial charge in [0.15, 0.2) is 22.6 Å². The number of imidazole rings is 1. The van der Waals surface area contributed by atoms with Gasteiger partial charge < -0.3 is 20.3 Å². The minimum absolute atomic E-state index is 0.0271. The third-order valence-electron chi connectivity index (χ3n) is 3.64. The molecule has 0 aromatic carbocycles. The van der Waals surface area contributed by atoms with Crippen molar-refractivity contribution in [3.63, 3.8) is 0 Å². The van der Waals surface area contributed by atoms with Crippen LogP contribution >= 0.6 is 0 Å². The highest BCUT2D eigenvalue weighted by atomic mass is 19.1. The zero-order valence-corrected chi connectivity index (χ0v) is 11.7. The van der Waals surface area contributed by atoms with E-state index in [0.717, 1.165) is 0 Å². The average Bonchev–Trinajstić information content (AvgIpc) is 3.02. The number of aromatic nitrogens is 4. The average molecular weight is 307 g/mol. The Labute approximate surface area is 125 Å². The van der Waals surface area contributed by atoms with Crippen molar-refractivity contribution in [1.82, 2.24) is 19.5 Å². The van der Waals surface area contributed by atoms with Gasteiger partial charge in [-0.05, 0) is 0 Å². The third kappa shape index (κ3) is 2.09. The normalized spacial score (nSPS) is 28.1. The molecule has 9 heteroatoms. The molecular weight excluding hydrogens is 293 g/mol. The summed E-state index contributed by atoms with van der Waals surface area (Å²) in [6.07, 6.45) is 4.48. The second kappa shape index (κ2) is 5.17. The Morgan fingerprint density at radius 3 is 3.14 bits per heavy atom. The van der Waals surface area contributed by atoms with Gasteiger partial charge in [-0.1, -0.05) is 5.92 Å². The first kappa shape index (κ1) is 14.6. The third-order valence-corrected chi connectivity index (χ3v) is 3.64. The van der Waals surface area contributed by atoms with Crippen LogP contribution in [0.5, 0.6) is 0 Å². The molecule has 22 heavy (non-hydrogen) atoms. The molecule has 0 aliphatic carbocycles. The molecule has 0 unspecified atom stereocenters. The van der Waals surface area contributed by atoms with Gasteiger partial charge in [0.25, 0.3) is 0 Å². The number of terminal acetylenes is 1. The van der Waals surface area contributed by atoms with E-state index in [0.29, 0.717) is 0 Å². The Bertz CT molecular complexity index is 758. The molecule has 3 heterocycles. The van der Waals surface area contributed by atoms with Crippen LogP contribution in [0.15, 0.2) is 6.33 Å². The second-order valence-corrected chi connectivity index (χ2v) is 4.99. The Hall–Kier alpha value is -2.28. The predicted octanol–water partition coefficient (Wildman–Crippen LogP) is -0.154. The van der Waals surface area contributed by atoms with Crippen molar-refractivity contribution in [1.29, 1.82) is 0 Å². The molecule has 0 radical (unpaired) electrons. The summed E-state index contributed by atoms with van der Waals surface area (Å²) in [5, 5.41) is 10.2. The molecule has 2 aromatic rings. The summed E-state index contributed by atoms with van der Waals surface area (Å²) in [7, 11) is 1.46. The monoisotopic (exact) mass is 307 g/mol. The Morgan fingerprint density at radius 2 is 2.45 bits per heavy atom. The van der Waals surface area contributed by atoms with Gasteiger partial charge >= 0.3 is 6.08 Å². The summed E-state index contributed by atoms with van der Waals surface area (Å²) in [6, 6.07) is 0. The molecule has 0 amide bonds. The number of methoxy groups -OCH3 is 1. The second-order valence-electron chi connectivity index (χ2n) is 4.99. The zero-order valence-electron chi connectivity index (χ0n) is 11.7. The molecule has 1 aliphatic heterocycles. The van der Waals surface area contributed by atoms with E-state index in [-0.39, 0.29) is 30.0 Å². The van der Waals surface area contributed by atoms with E-state index in [4.69, 9.17) is 21.6 Å². The number of hydrogen-bond donors (Lipinski definition) is 2. The molecule has 1 fully saturated rings. The van der Waals surface area contributed by atoms with Gasteiger partial charge in [0.2, 0.25) is 0 Å². The first-order valence-corrected chi connectivity index (χ1v) is 6.49. The van der Waals surface area contributed by atoms with Crippen LogP contribution in [-0.2, 0) is 9.47 Å². The summed E-state index contributed by atoms with van der Waals surface area (Å²) in [5.74, 6) is 2.36. The number of nitrogens with zero attached hydrogens (tertiary/aromatic N) is 4. The standard InChI is InChI=1S/C13H14FN5O3/c1-3-13(5-21-2)7(20)4-8(22-13)19-6-16-9-10(15)17-12(14)18-11(9)19/h1,6-8,20H,4-5H2,2H3,(H2,15,17,18)/t7-,8+,13+/m0/s1. The van der Waals surface area contributed by atoms with Gasteiger partial charge in [0.05, 0.1) is 12.9 Å². The lowest BCUT2D eigenvalue weighted by Crippen LogP contribution is -2.42. The van der Waals surface area contributed by atoms with Crippen LogP contribution in [0.25, 0.3) is 11.2 Å². The number of aliphatic hydroxyl groups is 1. The SMILES string of the molecule is C#C[C@]1(COC)O[C@@H](n2cnc3c(N)nc(F)nc32)C[C@@H]1O. The Morgan fingerprint density at radius 1 is 1.68 bits per heavy atom. The summed E-state index contributed by atoms with van der Waals surface area (Å²) < 4.78 is 25.6. The number of nitrogen functional groups attached to an aromatic ring is 1. The van der Waals surface area contributed by atoms with E-state index >= 15 is 0 Å². The van der Waals surface area contributed by atoms with E-state index < -0.39 is 24.0 Å². The largest absolute Gasteiger partial charge is 0.389 e. The van der Waals surface area contributed by atoms with Crippen molar-refractivity contribution in [2.24, 2.45) is 0 Å². The summed E-state index contributed by atoms with van der Waals surface area (Å²) in [4.78, 5) is 11.1. The highest BCUT2D eigenvalue weighted by Gasteiger charge is 2.48. The van der Waals surface area contributed by atoms with Crippen LogP contribution in [0.2, 0.25) is 0 Å². The molecule has 116 valence electrons. The van der Waals surface area contributed by atoms with E-state index in [1.54, 1.807) is 0 Å². The first-order chi connectivity index (χ1) is 10.5. The van der Waals surface area contributed by atoms with Crippen molar-refractivity contribution in [3.8, 4) is 12.3 Å². The van der Waals surface area contributed by atoms with Gasteiger partial charge in [-0.15, -0.1) is 6.42 Å². The Kier molecular flexibility index (Phi) is 3.44. The molecule has 8 nitrogen and oxygen atoms in total. The highest BCUT2D eigenvalue weighted by molar-refractivity contribution is 5.81. The number of aliphatic hydroxyl groups excluding tert-OH is 1. The summed E-state index contributed by atoms with van der Waals surface area (Å²) in [5.41, 5.74) is 4.77. The maximum atomic E-state index is 13.4. The molecule has 3 N–H and O–H groups in total. The quantitative estimate of drug-likeness (QED) is 0.599. The molecule has 1 aliphatic rings. The fourth-order valence-electron chi connectivity index (χ4n) is 2.56. The molecule has 3 rings (SSSR count).